The van der Waals surface area contributed by atoms with E-state index in [1.807, 2.05) is 12.1 Å². The molecule has 2 saturated heterocycles. The van der Waals surface area contributed by atoms with Crippen LogP contribution in [-0.4, -0.2) is 85.6 Å². The van der Waals surface area contributed by atoms with Gasteiger partial charge in [-0.15, -0.1) is 11.3 Å². The number of pyridine rings is 1. The van der Waals surface area contributed by atoms with Crippen LogP contribution in [0.3, 0.4) is 0 Å². The fourth-order valence-corrected chi connectivity index (χ4v) is 5.08. The lowest BCUT2D eigenvalue weighted by Crippen LogP contribution is -2.47. The molecule has 9 nitrogen and oxygen atoms in total. The molecule has 2 aliphatic heterocycles. The van der Waals surface area contributed by atoms with Crippen molar-refractivity contribution in [2.75, 3.05) is 53.0 Å². The van der Waals surface area contributed by atoms with E-state index >= 15 is 0 Å². The molecule has 10 heteroatoms. The maximum absolute atomic E-state index is 12.9. The number of aromatic nitrogens is 1. The zero-order valence-corrected chi connectivity index (χ0v) is 18.3. The first-order valence-corrected chi connectivity index (χ1v) is 11.2. The summed E-state index contributed by atoms with van der Waals surface area (Å²) in [6.07, 6.45) is 2.56. The number of carbonyl (C=O) groups excluding carboxylic acids is 3. The van der Waals surface area contributed by atoms with Crippen molar-refractivity contribution in [3.05, 3.63) is 28.8 Å². The molecule has 3 amide bonds. The minimum Gasteiger partial charge on any atom is -0.383 e. The lowest BCUT2D eigenvalue weighted by Gasteiger charge is -2.34. The van der Waals surface area contributed by atoms with Gasteiger partial charge in [-0.2, -0.15) is 0 Å². The Kier molecular flexibility index (Phi) is 6.79. The Bertz CT molecular complexity index is 978. The predicted molar refractivity (Wildman–Crippen MR) is 115 cm³/mol. The highest BCUT2D eigenvalue weighted by Crippen LogP contribution is 2.37. The van der Waals surface area contributed by atoms with Crippen molar-refractivity contribution in [3.8, 4) is 0 Å². The molecule has 1 unspecified atom stereocenters. The highest BCUT2D eigenvalue weighted by molar-refractivity contribution is 7.20. The molecule has 2 aromatic heterocycles. The van der Waals surface area contributed by atoms with Crippen LogP contribution < -0.4 is 5.32 Å². The second-order valence-corrected chi connectivity index (χ2v) is 8.57. The minimum absolute atomic E-state index is 0.0306. The van der Waals surface area contributed by atoms with Gasteiger partial charge in [-0.3, -0.25) is 14.4 Å². The Morgan fingerprint density at radius 3 is 3.03 bits per heavy atom. The van der Waals surface area contributed by atoms with Crippen molar-refractivity contribution in [1.29, 1.82) is 0 Å². The summed E-state index contributed by atoms with van der Waals surface area (Å²) in [6, 6.07) is 3.75. The molecular weight excluding hydrogens is 420 g/mol. The average Bonchev–Trinajstić information content (AvgIpc) is 3.37. The maximum Gasteiger partial charge on any atom is 0.261 e. The molecule has 0 spiro atoms. The molecule has 0 aliphatic carbocycles. The molecule has 0 bridgehead atoms. The number of likely N-dealkylation sites (tertiary alicyclic amines) is 1. The van der Waals surface area contributed by atoms with Gasteiger partial charge in [0.25, 0.3) is 5.91 Å². The highest BCUT2D eigenvalue weighted by Gasteiger charge is 2.33. The fourth-order valence-electron chi connectivity index (χ4n) is 3.97. The summed E-state index contributed by atoms with van der Waals surface area (Å²) in [5, 5.41) is 3.73. The molecule has 166 valence electrons. The first-order valence-electron chi connectivity index (χ1n) is 10.4. The molecule has 31 heavy (non-hydrogen) atoms. The number of methoxy groups -OCH3 is 1. The molecule has 2 aliphatic rings. The van der Waals surface area contributed by atoms with E-state index in [0.717, 1.165) is 22.2 Å². The molecule has 0 aromatic carbocycles. The summed E-state index contributed by atoms with van der Waals surface area (Å²) in [6.45, 7) is 2.71. The lowest BCUT2D eigenvalue weighted by molar-refractivity contribution is -0.143. The van der Waals surface area contributed by atoms with Crippen molar-refractivity contribution >= 4 is 39.3 Å². The Morgan fingerprint density at radius 1 is 1.39 bits per heavy atom. The van der Waals surface area contributed by atoms with Gasteiger partial charge in [-0.05, 0) is 12.5 Å². The summed E-state index contributed by atoms with van der Waals surface area (Å²) in [5.41, 5.74) is 0.762. The Labute approximate surface area is 184 Å². The van der Waals surface area contributed by atoms with E-state index in [1.165, 1.54) is 11.3 Å². The molecule has 0 radical (unpaired) electrons. The van der Waals surface area contributed by atoms with Crippen LogP contribution >= 0.6 is 11.3 Å². The standard InChI is InChI=1S/C21H26N4O5S/c1-29-10-7-22-20(28)19-18(14-4-2-6-23-21(14)31-19)15-12-25(9-11-30-15)17(27)13-24-8-3-5-16(24)26/h2,4,6,15H,3,5,7-13H2,1H3,(H,22,28). The molecule has 2 aromatic rings. The number of morpholine rings is 1. The third-order valence-electron chi connectivity index (χ3n) is 5.54. The monoisotopic (exact) mass is 446 g/mol. The number of fused-ring (bicyclic) bond motifs is 1. The Balaban J connectivity index is 1.55. The normalized spacial score (nSPS) is 19.3. The minimum atomic E-state index is -0.437. The number of amides is 3. The van der Waals surface area contributed by atoms with Crippen molar-refractivity contribution in [2.45, 2.75) is 18.9 Å². The highest BCUT2D eigenvalue weighted by atomic mass is 32.1. The van der Waals surface area contributed by atoms with E-state index in [9.17, 15) is 14.4 Å². The third kappa shape index (κ3) is 4.70. The van der Waals surface area contributed by atoms with Crippen LogP contribution in [0.25, 0.3) is 10.2 Å². The summed E-state index contributed by atoms with van der Waals surface area (Å²) in [5.74, 6) is -0.264. The first kappa shape index (κ1) is 21.7. The smallest absolute Gasteiger partial charge is 0.261 e. The van der Waals surface area contributed by atoms with Gasteiger partial charge >= 0.3 is 0 Å². The van der Waals surface area contributed by atoms with E-state index < -0.39 is 6.10 Å². The Morgan fingerprint density at radius 2 is 2.26 bits per heavy atom. The number of hydrogen-bond donors (Lipinski definition) is 1. The number of hydrogen-bond acceptors (Lipinski definition) is 7. The third-order valence-corrected chi connectivity index (χ3v) is 6.67. The molecule has 0 saturated carbocycles. The summed E-state index contributed by atoms with van der Waals surface area (Å²) < 4.78 is 11.0. The van der Waals surface area contributed by atoms with Crippen LogP contribution in [0, 0.1) is 0 Å². The van der Waals surface area contributed by atoms with E-state index in [2.05, 4.69) is 10.3 Å². The van der Waals surface area contributed by atoms with Crippen LogP contribution in [0.4, 0.5) is 0 Å². The Hall–Kier alpha value is -2.56. The largest absolute Gasteiger partial charge is 0.383 e. The number of ether oxygens (including phenoxy) is 2. The fraction of sp³-hybridized carbons (Fsp3) is 0.524. The topological polar surface area (TPSA) is 101 Å². The molecule has 2 fully saturated rings. The van der Waals surface area contributed by atoms with Crippen molar-refractivity contribution in [1.82, 2.24) is 20.1 Å². The maximum atomic E-state index is 12.9. The summed E-state index contributed by atoms with van der Waals surface area (Å²) >= 11 is 1.32. The number of nitrogens with one attached hydrogen (secondary N) is 1. The van der Waals surface area contributed by atoms with Crippen LogP contribution in [0.15, 0.2) is 18.3 Å². The van der Waals surface area contributed by atoms with E-state index in [4.69, 9.17) is 9.47 Å². The van der Waals surface area contributed by atoms with E-state index in [1.54, 1.807) is 23.1 Å². The van der Waals surface area contributed by atoms with Crippen LogP contribution in [0.2, 0.25) is 0 Å². The van der Waals surface area contributed by atoms with Gasteiger partial charge in [-0.1, -0.05) is 6.07 Å². The van der Waals surface area contributed by atoms with Crippen LogP contribution in [0.1, 0.15) is 34.2 Å². The summed E-state index contributed by atoms with van der Waals surface area (Å²) in [4.78, 5) is 46.6. The lowest BCUT2D eigenvalue weighted by atomic mass is 10.0. The molecule has 1 N–H and O–H groups in total. The van der Waals surface area contributed by atoms with Crippen LogP contribution in [0.5, 0.6) is 0 Å². The first-order chi connectivity index (χ1) is 15.1. The molecule has 1 atom stereocenters. The van der Waals surface area contributed by atoms with Gasteiger partial charge in [0.1, 0.15) is 15.8 Å². The predicted octanol–water partition coefficient (Wildman–Crippen LogP) is 1.19. The van der Waals surface area contributed by atoms with Gasteiger partial charge in [0.15, 0.2) is 0 Å². The van der Waals surface area contributed by atoms with Gasteiger partial charge in [0.2, 0.25) is 11.8 Å². The second-order valence-electron chi connectivity index (χ2n) is 7.57. The van der Waals surface area contributed by atoms with Crippen molar-refractivity contribution < 1.29 is 23.9 Å². The zero-order chi connectivity index (χ0) is 21.8. The van der Waals surface area contributed by atoms with Gasteiger partial charge in [0, 0.05) is 50.3 Å². The summed E-state index contributed by atoms with van der Waals surface area (Å²) in [7, 11) is 1.58. The van der Waals surface area contributed by atoms with E-state index in [-0.39, 0.29) is 24.3 Å². The van der Waals surface area contributed by atoms with Crippen molar-refractivity contribution in [2.24, 2.45) is 0 Å². The van der Waals surface area contributed by atoms with Crippen molar-refractivity contribution in [3.63, 3.8) is 0 Å². The van der Waals surface area contributed by atoms with Crippen LogP contribution in [-0.2, 0) is 19.1 Å². The van der Waals surface area contributed by atoms with Gasteiger partial charge < -0.3 is 24.6 Å². The second kappa shape index (κ2) is 9.71. The number of thiophene rings is 1. The van der Waals surface area contributed by atoms with Gasteiger partial charge in [-0.25, -0.2) is 4.98 Å². The number of nitrogens with zero attached hydrogens (tertiary/aromatic N) is 3. The SMILES string of the molecule is COCCNC(=O)c1sc2ncccc2c1C1CN(C(=O)CN2CCCC2=O)CCO1. The number of rotatable bonds is 7. The zero-order valence-electron chi connectivity index (χ0n) is 17.5. The quantitative estimate of drug-likeness (QED) is 0.642. The average molecular weight is 447 g/mol. The number of carbonyl (C=O) groups is 3. The molecular formula is C21H26N4O5S. The van der Waals surface area contributed by atoms with Gasteiger partial charge in [0.05, 0.1) is 26.3 Å². The van der Waals surface area contributed by atoms with E-state index in [0.29, 0.717) is 50.7 Å². The molecule has 4 rings (SSSR count). The molecule has 4 heterocycles.